The van der Waals surface area contributed by atoms with Crippen molar-refractivity contribution in [2.24, 2.45) is 5.73 Å². The number of hydrogen-bond donors (Lipinski definition) is 6. The summed E-state index contributed by atoms with van der Waals surface area (Å²) in [6.45, 7) is 0.931. The third-order valence-electron chi connectivity index (χ3n) is 6.64. The molecule has 0 aliphatic heterocycles. The fourth-order valence-corrected chi connectivity index (χ4v) is 4.60. The number of nitrogens with two attached hydrogens (primary N) is 1. The molecule has 0 bridgehead atoms. The molecule has 0 heterocycles. The minimum Gasteiger partial charge on any atom is -0.617 e. The number of phenolic OH excluding ortho intramolecular Hbond substituents is 1. The van der Waals surface area contributed by atoms with E-state index in [4.69, 9.17) is 5.73 Å². The quantitative estimate of drug-likeness (QED) is 0.131. The van der Waals surface area contributed by atoms with Crippen molar-refractivity contribution in [1.82, 2.24) is 20.9 Å². The van der Waals surface area contributed by atoms with Crippen molar-refractivity contribution in [3.63, 3.8) is 0 Å². The molecular formula is C29H39N5O8S. The highest BCUT2D eigenvalue weighted by Gasteiger charge is 2.31. The van der Waals surface area contributed by atoms with Crippen LogP contribution in [0.2, 0.25) is 0 Å². The lowest BCUT2D eigenvalue weighted by Gasteiger charge is -2.29. The highest BCUT2D eigenvalue weighted by atomic mass is 32.2. The van der Waals surface area contributed by atoms with E-state index in [2.05, 4.69) is 16.0 Å². The van der Waals surface area contributed by atoms with Gasteiger partial charge in [-0.3, -0.25) is 19.2 Å². The molecule has 0 aromatic heterocycles. The van der Waals surface area contributed by atoms with Gasteiger partial charge in [0, 0.05) is 19.9 Å². The molecule has 4 amide bonds. The summed E-state index contributed by atoms with van der Waals surface area (Å²) in [5, 5.41) is 26.3. The number of benzene rings is 2. The molecule has 1 unspecified atom stereocenters. The van der Waals surface area contributed by atoms with E-state index in [0.717, 1.165) is 10.5 Å². The standard InChI is InChI=1S/C29H39N5O8S/c1-18(32-27(38)22(30)15-20-9-11-21(35)12-10-20)26(37)31-17-25(36)34(2)24(16-19-7-5-4-6-8-19)28(39)33-23(29(40)41)13-14-43(3)42/h4-12,18,22-24,35H,13-17,30H2,1-3H3,(H,31,37)(H,32,38)(H,33,39)(H,40,41)/t18-,22+,23+,24+,43?/m1/s1. The van der Waals surface area contributed by atoms with Gasteiger partial charge >= 0.3 is 5.97 Å². The molecule has 5 atom stereocenters. The SMILES string of the molecule is C[C@@H](NC(=O)[C@@H](N)Cc1ccc(O)cc1)C(=O)NCC(=O)N(C)[C@@H](Cc1ccccc1)C(=O)N[C@@H](CC[S+](C)[O-])C(=O)O. The molecule has 234 valence electrons. The molecule has 2 aromatic carbocycles. The fourth-order valence-electron chi connectivity index (χ4n) is 4.03. The molecule has 7 N–H and O–H groups in total. The zero-order valence-electron chi connectivity index (χ0n) is 24.3. The van der Waals surface area contributed by atoms with E-state index in [1.165, 1.54) is 32.4 Å². The number of amides is 4. The first-order chi connectivity index (χ1) is 20.3. The Kier molecular flexibility index (Phi) is 13.9. The van der Waals surface area contributed by atoms with Gasteiger partial charge in [0.15, 0.2) is 0 Å². The number of carbonyl (C=O) groups is 5. The fraction of sp³-hybridized carbons (Fsp3) is 0.414. The Bertz CT molecular complexity index is 1250. The van der Waals surface area contributed by atoms with Crippen molar-refractivity contribution in [2.45, 2.75) is 50.4 Å². The number of phenols is 1. The van der Waals surface area contributed by atoms with Crippen molar-refractivity contribution < 1.29 is 38.7 Å². The van der Waals surface area contributed by atoms with Crippen LogP contribution in [0.15, 0.2) is 54.6 Å². The van der Waals surface area contributed by atoms with Crippen LogP contribution in [-0.4, -0.2) is 99.0 Å². The topological polar surface area (TPSA) is 214 Å². The van der Waals surface area contributed by atoms with E-state index in [1.54, 1.807) is 42.5 Å². The third kappa shape index (κ3) is 11.9. The van der Waals surface area contributed by atoms with Gasteiger partial charge in [0.05, 0.1) is 18.8 Å². The Labute approximate surface area is 253 Å². The Morgan fingerprint density at radius 1 is 0.930 bits per heavy atom. The first-order valence-electron chi connectivity index (χ1n) is 13.5. The summed E-state index contributed by atoms with van der Waals surface area (Å²) in [6, 6.07) is 10.6. The summed E-state index contributed by atoms with van der Waals surface area (Å²) in [4.78, 5) is 64.2. The lowest BCUT2D eigenvalue weighted by atomic mass is 10.0. The Balaban J connectivity index is 2.01. The number of aromatic hydroxyl groups is 1. The minimum absolute atomic E-state index is 0.0574. The maximum Gasteiger partial charge on any atom is 0.326 e. The largest absolute Gasteiger partial charge is 0.617 e. The molecule has 0 aliphatic rings. The molecule has 0 saturated heterocycles. The molecule has 0 saturated carbocycles. The molecule has 0 aliphatic carbocycles. The molecule has 0 radical (unpaired) electrons. The zero-order chi connectivity index (χ0) is 32.1. The van der Waals surface area contributed by atoms with Crippen LogP contribution in [0.5, 0.6) is 5.75 Å². The molecular weight excluding hydrogens is 578 g/mol. The molecule has 2 aromatic rings. The van der Waals surface area contributed by atoms with Crippen molar-refractivity contribution in [3.05, 3.63) is 65.7 Å². The van der Waals surface area contributed by atoms with Gasteiger partial charge in [-0.15, -0.1) is 0 Å². The van der Waals surface area contributed by atoms with Crippen LogP contribution < -0.4 is 21.7 Å². The summed E-state index contributed by atoms with van der Waals surface area (Å²) in [7, 11) is 1.37. The smallest absolute Gasteiger partial charge is 0.326 e. The van der Waals surface area contributed by atoms with E-state index >= 15 is 0 Å². The predicted molar refractivity (Wildman–Crippen MR) is 160 cm³/mol. The third-order valence-corrected chi connectivity index (χ3v) is 7.45. The summed E-state index contributed by atoms with van der Waals surface area (Å²) >= 11 is -1.26. The average molecular weight is 618 g/mol. The number of carbonyl (C=O) groups excluding carboxylic acids is 4. The highest BCUT2D eigenvalue weighted by Crippen LogP contribution is 2.12. The number of aliphatic carboxylic acids is 1. The van der Waals surface area contributed by atoms with Gasteiger partial charge in [-0.25, -0.2) is 4.79 Å². The Hall–Kier alpha value is -4.14. The van der Waals surface area contributed by atoms with Crippen LogP contribution in [0, 0.1) is 0 Å². The van der Waals surface area contributed by atoms with Crippen molar-refractivity contribution >= 4 is 40.8 Å². The number of carboxylic acid groups (broad SMARTS) is 1. The molecule has 13 nitrogen and oxygen atoms in total. The predicted octanol–water partition coefficient (Wildman–Crippen LogP) is -0.709. The Morgan fingerprint density at radius 3 is 2.12 bits per heavy atom. The number of carboxylic acids is 1. The van der Waals surface area contributed by atoms with Crippen LogP contribution in [0.3, 0.4) is 0 Å². The maximum atomic E-state index is 13.2. The minimum atomic E-state index is -1.30. The van der Waals surface area contributed by atoms with Crippen LogP contribution in [0.4, 0.5) is 0 Å². The van der Waals surface area contributed by atoms with E-state index in [1.807, 2.05) is 0 Å². The summed E-state index contributed by atoms with van der Waals surface area (Å²) in [5.74, 6) is -3.74. The molecule has 0 spiro atoms. The number of nitrogens with one attached hydrogen (secondary N) is 3. The summed E-state index contributed by atoms with van der Waals surface area (Å²) < 4.78 is 11.5. The maximum absolute atomic E-state index is 13.2. The van der Waals surface area contributed by atoms with Crippen molar-refractivity contribution in [3.8, 4) is 5.75 Å². The van der Waals surface area contributed by atoms with Crippen LogP contribution >= 0.6 is 0 Å². The number of rotatable bonds is 16. The summed E-state index contributed by atoms with van der Waals surface area (Å²) in [5.41, 5.74) is 7.39. The lowest BCUT2D eigenvalue weighted by Crippen LogP contribution is -2.55. The van der Waals surface area contributed by atoms with E-state index < -0.39 is 71.5 Å². The van der Waals surface area contributed by atoms with E-state index in [9.17, 15) is 38.7 Å². The molecule has 43 heavy (non-hydrogen) atoms. The van der Waals surface area contributed by atoms with Gasteiger partial charge in [0.2, 0.25) is 23.6 Å². The van der Waals surface area contributed by atoms with E-state index in [0.29, 0.717) is 5.56 Å². The number of hydrogen-bond acceptors (Lipinski definition) is 8. The first-order valence-corrected chi connectivity index (χ1v) is 15.3. The van der Waals surface area contributed by atoms with Crippen LogP contribution in [0.1, 0.15) is 24.5 Å². The Morgan fingerprint density at radius 2 is 1.53 bits per heavy atom. The molecule has 0 fully saturated rings. The second-order valence-electron chi connectivity index (χ2n) is 10.1. The van der Waals surface area contributed by atoms with Gasteiger partial charge < -0.3 is 41.3 Å². The molecule has 14 heteroatoms. The van der Waals surface area contributed by atoms with Gasteiger partial charge in [-0.2, -0.15) is 0 Å². The first kappa shape index (κ1) is 35.1. The van der Waals surface area contributed by atoms with Gasteiger partial charge in [0.1, 0.15) is 29.6 Å². The second kappa shape index (κ2) is 17.1. The summed E-state index contributed by atoms with van der Waals surface area (Å²) in [6.07, 6.45) is 1.62. The van der Waals surface area contributed by atoms with Crippen LogP contribution in [0.25, 0.3) is 0 Å². The number of likely N-dealkylation sites (N-methyl/N-ethyl adjacent to an activating group) is 1. The monoisotopic (exact) mass is 617 g/mol. The molecule has 2 rings (SSSR count). The van der Waals surface area contributed by atoms with Crippen LogP contribution in [-0.2, 0) is 48.0 Å². The lowest BCUT2D eigenvalue weighted by molar-refractivity contribution is -0.144. The zero-order valence-corrected chi connectivity index (χ0v) is 25.1. The van der Waals surface area contributed by atoms with E-state index in [-0.39, 0.29) is 30.8 Å². The average Bonchev–Trinajstić information content (AvgIpc) is 2.97. The second-order valence-corrected chi connectivity index (χ2v) is 11.7. The number of nitrogens with zero attached hydrogens (tertiary/aromatic N) is 1. The van der Waals surface area contributed by atoms with Crippen molar-refractivity contribution in [2.75, 3.05) is 25.6 Å². The van der Waals surface area contributed by atoms with Gasteiger partial charge in [0.25, 0.3) is 0 Å². The van der Waals surface area contributed by atoms with Crippen molar-refractivity contribution in [1.29, 1.82) is 0 Å². The highest BCUT2D eigenvalue weighted by molar-refractivity contribution is 7.90. The van der Waals surface area contributed by atoms with Gasteiger partial charge in [-0.05, 0) is 36.6 Å². The van der Waals surface area contributed by atoms with Gasteiger partial charge in [-0.1, -0.05) is 53.6 Å². The normalized spacial score (nSPS) is 14.3.